The predicted molar refractivity (Wildman–Crippen MR) is 84.8 cm³/mol. The van der Waals surface area contributed by atoms with Crippen molar-refractivity contribution in [1.82, 2.24) is 0 Å². The quantitative estimate of drug-likeness (QED) is 0.850. The molecule has 3 N–H and O–H groups in total. The Bertz CT molecular complexity index is 632. The molecule has 2 aromatic rings. The van der Waals surface area contributed by atoms with Crippen molar-refractivity contribution in [2.24, 2.45) is 5.73 Å². The van der Waals surface area contributed by atoms with Crippen LogP contribution in [-0.2, 0) is 16.0 Å². The maximum atomic E-state index is 12.4. The maximum absolute atomic E-state index is 12.4. The molecule has 0 aromatic heterocycles. The summed E-state index contributed by atoms with van der Waals surface area (Å²) in [4.78, 5) is 12.7. The van der Waals surface area contributed by atoms with Gasteiger partial charge in [-0.3, -0.25) is 4.79 Å². The molecule has 0 aliphatic heterocycles. The molecule has 0 heterocycles. The summed E-state index contributed by atoms with van der Waals surface area (Å²) in [6.45, 7) is 1.61. The van der Waals surface area contributed by atoms with Gasteiger partial charge in [0.2, 0.25) is 5.91 Å². The Balaban J connectivity index is 2.15. The van der Waals surface area contributed by atoms with Gasteiger partial charge in [0, 0.05) is 16.9 Å². The normalized spacial score (nSPS) is 13.5. The van der Waals surface area contributed by atoms with Gasteiger partial charge in [-0.25, -0.2) is 0 Å². The topological polar surface area (TPSA) is 78.2 Å². The third-order valence-corrected chi connectivity index (χ3v) is 4.68. The Kier molecular flexibility index (Phi) is 5.25. The molecule has 110 valence electrons. The summed E-state index contributed by atoms with van der Waals surface area (Å²) in [6.07, 6.45) is 0. The van der Waals surface area contributed by atoms with Crippen LogP contribution in [0.3, 0.4) is 0 Å². The summed E-state index contributed by atoms with van der Waals surface area (Å²) in [6, 6.07) is 13.2. The number of rotatable bonds is 4. The molecule has 2 atom stereocenters. The molecule has 0 saturated carbocycles. The van der Waals surface area contributed by atoms with Crippen molar-refractivity contribution >= 4 is 34.4 Å². The van der Waals surface area contributed by atoms with E-state index in [1.165, 1.54) is 0 Å². The number of anilines is 1. The van der Waals surface area contributed by atoms with Crippen LogP contribution in [-0.4, -0.2) is 16.5 Å². The van der Waals surface area contributed by atoms with Crippen molar-refractivity contribution in [1.29, 1.82) is 0 Å². The minimum atomic E-state index is -1.36. The predicted octanol–water partition coefficient (Wildman–Crippen LogP) is 2.79. The second kappa shape index (κ2) is 6.95. The van der Waals surface area contributed by atoms with Crippen LogP contribution in [0.5, 0.6) is 0 Å². The Morgan fingerprint density at radius 3 is 2.43 bits per heavy atom. The Labute approximate surface area is 131 Å². The fraction of sp³-hybridized carbons (Fsp3) is 0.133. The summed E-state index contributed by atoms with van der Waals surface area (Å²) < 4.78 is 12.4. The van der Waals surface area contributed by atoms with Crippen LogP contribution in [0.2, 0.25) is 5.02 Å². The molecule has 0 aliphatic rings. The number of carbonyl (C=O) groups excluding carboxylic acids is 1. The molecule has 0 spiro atoms. The van der Waals surface area contributed by atoms with Crippen molar-refractivity contribution in [3.63, 3.8) is 0 Å². The van der Waals surface area contributed by atoms with Gasteiger partial charge >= 0.3 is 0 Å². The van der Waals surface area contributed by atoms with E-state index in [0.717, 1.165) is 0 Å². The van der Waals surface area contributed by atoms with Gasteiger partial charge in [-0.1, -0.05) is 23.7 Å². The van der Waals surface area contributed by atoms with Gasteiger partial charge in [0.15, 0.2) is 9.79 Å². The van der Waals surface area contributed by atoms with Crippen molar-refractivity contribution in [2.45, 2.75) is 22.8 Å². The first kappa shape index (κ1) is 15.9. The lowest BCUT2D eigenvalue weighted by molar-refractivity contribution is -0.117. The second-order valence-corrected chi connectivity index (χ2v) is 6.36. The highest BCUT2D eigenvalue weighted by Gasteiger charge is 2.18. The molecular weight excluding hydrogens is 308 g/mol. The van der Waals surface area contributed by atoms with E-state index in [1.54, 1.807) is 55.5 Å². The Morgan fingerprint density at radius 2 is 1.86 bits per heavy atom. The molecule has 2 rings (SSSR count). The number of nitrogens with two attached hydrogens (primary N) is 1. The van der Waals surface area contributed by atoms with Crippen LogP contribution >= 0.6 is 11.6 Å². The summed E-state index contributed by atoms with van der Waals surface area (Å²) in [5, 5.41) is 3.13. The molecule has 2 unspecified atom stereocenters. The fourth-order valence-electron chi connectivity index (χ4n) is 1.64. The lowest BCUT2D eigenvalue weighted by Crippen LogP contribution is -2.32. The average molecular weight is 323 g/mol. The number of carbonyl (C=O) groups is 1. The molecule has 0 fully saturated rings. The first-order valence-electron chi connectivity index (χ1n) is 6.32. The minimum Gasteiger partial charge on any atom is -0.606 e. The van der Waals surface area contributed by atoms with Gasteiger partial charge in [0.1, 0.15) is 0 Å². The third kappa shape index (κ3) is 3.98. The van der Waals surface area contributed by atoms with E-state index >= 15 is 0 Å². The van der Waals surface area contributed by atoms with Gasteiger partial charge in [0.05, 0.1) is 11.1 Å². The van der Waals surface area contributed by atoms with Crippen LogP contribution in [0.4, 0.5) is 5.69 Å². The highest BCUT2D eigenvalue weighted by atomic mass is 35.5. The largest absolute Gasteiger partial charge is 0.606 e. The average Bonchev–Trinajstić information content (AvgIpc) is 2.47. The van der Waals surface area contributed by atoms with Crippen LogP contribution in [0.25, 0.3) is 0 Å². The molecular formula is C15H15ClN2O2S. The molecule has 2 aromatic carbocycles. The number of halogens is 1. The summed E-state index contributed by atoms with van der Waals surface area (Å²) in [7, 11) is 0. The Morgan fingerprint density at radius 1 is 1.24 bits per heavy atom. The number of amides is 1. The zero-order chi connectivity index (χ0) is 15.4. The number of nitrogens with one attached hydrogen (secondary N) is 1. The van der Waals surface area contributed by atoms with Gasteiger partial charge in [0.25, 0.3) is 0 Å². The number of hydrogen-bond donors (Lipinski definition) is 2. The first-order chi connectivity index (χ1) is 9.99. The van der Waals surface area contributed by atoms with Crippen LogP contribution in [0, 0.1) is 0 Å². The molecule has 21 heavy (non-hydrogen) atoms. The van der Waals surface area contributed by atoms with Crippen molar-refractivity contribution in [3.8, 4) is 0 Å². The van der Waals surface area contributed by atoms with Crippen LogP contribution in [0.15, 0.2) is 58.3 Å². The number of benzene rings is 2. The molecule has 6 heteroatoms. The minimum absolute atomic E-state index is 0.269. The molecule has 4 nitrogen and oxygen atoms in total. The second-order valence-electron chi connectivity index (χ2n) is 4.50. The van der Waals surface area contributed by atoms with E-state index in [2.05, 4.69) is 5.32 Å². The summed E-state index contributed by atoms with van der Waals surface area (Å²) >= 11 is 4.68. The smallest absolute Gasteiger partial charge is 0.240 e. The van der Waals surface area contributed by atoms with E-state index in [-0.39, 0.29) is 5.91 Å². The SMILES string of the molecule is CC(N)C(=O)Nc1ccc([S+]([O-])c2ccccc2Cl)cc1. The lowest BCUT2D eigenvalue weighted by atomic mass is 10.3. The van der Waals surface area contributed by atoms with Gasteiger partial charge in [-0.05, 0) is 43.3 Å². The van der Waals surface area contributed by atoms with E-state index < -0.39 is 17.2 Å². The van der Waals surface area contributed by atoms with Crippen molar-refractivity contribution in [3.05, 3.63) is 53.6 Å². The molecule has 0 radical (unpaired) electrons. The molecule has 1 amide bonds. The summed E-state index contributed by atoms with van der Waals surface area (Å²) in [5.41, 5.74) is 6.09. The maximum Gasteiger partial charge on any atom is 0.240 e. The highest BCUT2D eigenvalue weighted by Crippen LogP contribution is 2.27. The van der Waals surface area contributed by atoms with Crippen molar-refractivity contribution in [2.75, 3.05) is 5.32 Å². The van der Waals surface area contributed by atoms with Gasteiger partial charge in [-0.15, -0.1) is 0 Å². The zero-order valence-corrected chi connectivity index (χ0v) is 12.9. The van der Waals surface area contributed by atoms with Crippen LogP contribution < -0.4 is 11.1 Å². The van der Waals surface area contributed by atoms with Gasteiger partial charge in [-0.2, -0.15) is 0 Å². The first-order valence-corrected chi connectivity index (χ1v) is 7.84. The Hall–Kier alpha value is -1.53. The highest BCUT2D eigenvalue weighted by molar-refractivity contribution is 7.91. The molecule has 0 bridgehead atoms. The number of hydrogen-bond acceptors (Lipinski definition) is 3. The van der Waals surface area contributed by atoms with Gasteiger partial charge < -0.3 is 15.6 Å². The molecule has 0 aliphatic carbocycles. The van der Waals surface area contributed by atoms with Crippen LogP contribution in [0.1, 0.15) is 6.92 Å². The lowest BCUT2D eigenvalue weighted by Gasteiger charge is -2.12. The zero-order valence-electron chi connectivity index (χ0n) is 11.4. The van der Waals surface area contributed by atoms with Crippen molar-refractivity contribution < 1.29 is 9.35 Å². The molecule has 0 saturated heterocycles. The fourth-order valence-corrected chi connectivity index (χ4v) is 3.07. The van der Waals surface area contributed by atoms with E-state index in [9.17, 15) is 9.35 Å². The van der Waals surface area contributed by atoms with E-state index in [4.69, 9.17) is 17.3 Å². The summed E-state index contributed by atoms with van der Waals surface area (Å²) in [5.74, 6) is -0.269. The third-order valence-electron chi connectivity index (χ3n) is 2.79. The van der Waals surface area contributed by atoms with E-state index in [1.807, 2.05) is 0 Å². The standard InChI is InChI=1S/C15H15ClN2O2S/c1-10(17)15(19)18-11-6-8-12(9-7-11)21(20)14-5-3-2-4-13(14)16/h2-10H,17H2,1H3,(H,18,19). The van der Waals surface area contributed by atoms with E-state index in [0.29, 0.717) is 20.5 Å². The monoisotopic (exact) mass is 322 g/mol.